The average Bonchev–Trinajstić information content (AvgIpc) is 2.85. The number of rotatable bonds is 5. The zero-order chi connectivity index (χ0) is 30.4. The van der Waals surface area contributed by atoms with Gasteiger partial charge in [0, 0.05) is 16.2 Å². The highest BCUT2D eigenvalue weighted by Crippen LogP contribution is 2.53. The summed E-state index contributed by atoms with van der Waals surface area (Å²) < 4.78 is 137. The SMILES string of the molecule is CN(C(=O)c1c(F)cccc1F)c1cccc(C(=O)N(I)c2ccc(C(F)(C(F)(F)F)C(F)(F)F)cc2I)c1F. The zero-order valence-electron chi connectivity index (χ0n) is 19.4. The van der Waals surface area contributed by atoms with Gasteiger partial charge in [-0.15, -0.1) is 0 Å². The molecule has 0 radical (unpaired) electrons. The van der Waals surface area contributed by atoms with E-state index in [1.54, 1.807) is 0 Å². The van der Waals surface area contributed by atoms with E-state index in [9.17, 15) is 49.1 Å². The molecule has 0 spiro atoms. The molecule has 0 N–H and O–H groups in total. The van der Waals surface area contributed by atoms with E-state index in [1.165, 1.54) is 45.5 Å². The summed E-state index contributed by atoms with van der Waals surface area (Å²) in [6.07, 6.45) is -12.7. The van der Waals surface area contributed by atoms with E-state index in [1.807, 2.05) is 0 Å². The van der Waals surface area contributed by atoms with Gasteiger partial charge in [-0.05, 0) is 59.0 Å². The van der Waals surface area contributed by atoms with Crippen molar-refractivity contribution in [2.24, 2.45) is 0 Å². The summed E-state index contributed by atoms with van der Waals surface area (Å²) in [5.74, 6) is -6.25. The van der Waals surface area contributed by atoms with Gasteiger partial charge in [0.05, 0.1) is 39.8 Å². The number of amides is 2. The van der Waals surface area contributed by atoms with Gasteiger partial charge < -0.3 is 4.90 Å². The van der Waals surface area contributed by atoms with Crippen molar-refractivity contribution in [1.82, 2.24) is 0 Å². The van der Waals surface area contributed by atoms with E-state index in [-0.39, 0.29) is 17.8 Å². The van der Waals surface area contributed by atoms with Crippen LogP contribution in [0.5, 0.6) is 0 Å². The van der Waals surface area contributed by atoms with Gasteiger partial charge in [0.25, 0.3) is 11.8 Å². The molecule has 0 heterocycles. The molecule has 0 aliphatic heterocycles. The first-order chi connectivity index (χ1) is 18.3. The van der Waals surface area contributed by atoms with Crippen molar-refractivity contribution in [3.05, 3.63) is 92.3 Å². The first-order valence-electron chi connectivity index (χ1n) is 10.5. The lowest BCUT2D eigenvalue weighted by atomic mass is 9.94. The van der Waals surface area contributed by atoms with Crippen LogP contribution < -0.4 is 8.01 Å². The Morgan fingerprint density at radius 3 is 1.77 bits per heavy atom. The monoisotopic (exact) mass is 804 g/mol. The predicted octanol–water partition coefficient (Wildman–Crippen LogP) is 8.27. The maximum absolute atomic E-state index is 15.4. The molecule has 0 bridgehead atoms. The molecule has 4 nitrogen and oxygen atoms in total. The third-order valence-electron chi connectivity index (χ3n) is 5.57. The second-order valence-electron chi connectivity index (χ2n) is 8.01. The topological polar surface area (TPSA) is 40.6 Å². The van der Waals surface area contributed by atoms with Crippen LogP contribution in [-0.2, 0) is 5.67 Å². The van der Waals surface area contributed by atoms with Gasteiger partial charge >= 0.3 is 18.0 Å². The van der Waals surface area contributed by atoms with Crippen molar-refractivity contribution >= 4 is 68.6 Å². The first kappa shape index (κ1) is 31.9. The van der Waals surface area contributed by atoms with Crippen molar-refractivity contribution in [2.75, 3.05) is 15.1 Å². The van der Waals surface area contributed by atoms with E-state index < -0.39 is 73.2 Å². The van der Waals surface area contributed by atoms with Crippen LogP contribution in [0.4, 0.5) is 55.3 Å². The number of anilines is 2. The second kappa shape index (κ2) is 11.3. The molecule has 0 aliphatic carbocycles. The Hall–Kier alpha value is -2.64. The fourth-order valence-corrected chi connectivity index (χ4v) is 5.41. The number of benzene rings is 3. The van der Waals surface area contributed by atoms with E-state index >= 15 is 4.39 Å². The molecule has 0 unspecified atom stereocenters. The van der Waals surface area contributed by atoms with Gasteiger partial charge in [-0.25, -0.2) is 20.7 Å². The molecule has 0 atom stereocenters. The van der Waals surface area contributed by atoms with E-state index in [0.717, 1.165) is 43.4 Å². The molecular weight excluding hydrogens is 792 g/mol. The number of hydrogen-bond acceptors (Lipinski definition) is 2. The number of carbonyl (C=O) groups is 2. The van der Waals surface area contributed by atoms with Gasteiger partial charge in [0.1, 0.15) is 17.2 Å². The summed E-state index contributed by atoms with van der Waals surface area (Å²) in [5.41, 5.74) is -10.1. The first-order valence-corrected chi connectivity index (χ1v) is 12.5. The fourth-order valence-electron chi connectivity index (χ4n) is 3.51. The highest BCUT2D eigenvalue weighted by atomic mass is 127. The van der Waals surface area contributed by atoms with Gasteiger partial charge in [0.2, 0.25) is 0 Å². The summed E-state index contributed by atoms with van der Waals surface area (Å²) >= 11 is 2.58. The molecule has 2 amide bonds. The summed E-state index contributed by atoms with van der Waals surface area (Å²) in [4.78, 5) is 26.3. The smallest absolute Gasteiger partial charge is 0.308 e. The Kier molecular flexibility index (Phi) is 9.03. The minimum absolute atomic E-state index is 0.194. The quantitative estimate of drug-likeness (QED) is 0.148. The van der Waals surface area contributed by atoms with Crippen LogP contribution in [-0.4, -0.2) is 31.2 Å². The average molecular weight is 804 g/mol. The molecule has 0 aromatic heterocycles. The maximum Gasteiger partial charge on any atom is 0.435 e. The largest absolute Gasteiger partial charge is 0.435 e. The molecule has 3 aromatic rings. The van der Waals surface area contributed by atoms with Crippen molar-refractivity contribution in [1.29, 1.82) is 0 Å². The second-order valence-corrected chi connectivity index (χ2v) is 10.1. The number of nitrogens with zero attached hydrogens (tertiary/aromatic N) is 2. The van der Waals surface area contributed by atoms with Gasteiger partial charge in [-0.3, -0.25) is 9.59 Å². The molecule has 0 saturated heterocycles. The number of carbonyl (C=O) groups excluding carboxylic acids is 2. The Labute approximate surface area is 246 Å². The lowest BCUT2D eigenvalue weighted by Gasteiger charge is -2.31. The number of alkyl halides is 7. The summed E-state index contributed by atoms with van der Waals surface area (Å²) in [5, 5.41) is 0. The minimum Gasteiger partial charge on any atom is -0.308 e. The summed E-state index contributed by atoms with van der Waals surface area (Å²) in [6, 6.07) is 6.77. The third kappa shape index (κ3) is 5.60. The van der Waals surface area contributed by atoms with Crippen molar-refractivity contribution in [3.63, 3.8) is 0 Å². The highest BCUT2D eigenvalue weighted by molar-refractivity contribution is 14.1. The van der Waals surface area contributed by atoms with E-state index in [4.69, 9.17) is 0 Å². The molecule has 3 aromatic carbocycles. The van der Waals surface area contributed by atoms with E-state index in [2.05, 4.69) is 0 Å². The zero-order valence-corrected chi connectivity index (χ0v) is 23.8. The fraction of sp³-hybridized carbons (Fsp3) is 0.167. The van der Waals surface area contributed by atoms with Crippen LogP contribution in [0.15, 0.2) is 54.6 Å². The van der Waals surface area contributed by atoms with Crippen molar-refractivity contribution < 1.29 is 53.5 Å². The standard InChI is InChI=1S/C24H12F10I2N2O2/c1-37(21(40)18-13(25)5-3-6-14(18)26)17-7-2-4-12(19(17)27)20(39)38(36)16-9-8-11(10-15(16)35)22(28,23(29,30)31)24(32,33)34/h2-10H,1H3. The predicted molar refractivity (Wildman–Crippen MR) is 140 cm³/mol. The van der Waals surface area contributed by atoms with Gasteiger partial charge in [-0.2, -0.15) is 26.3 Å². The highest BCUT2D eigenvalue weighted by Gasteiger charge is 2.73. The maximum atomic E-state index is 15.4. The molecular formula is C24H12F10I2N2O2. The molecule has 40 heavy (non-hydrogen) atoms. The van der Waals surface area contributed by atoms with Crippen LogP contribution in [0.1, 0.15) is 26.3 Å². The van der Waals surface area contributed by atoms with Crippen molar-refractivity contribution in [2.45, 2.75) is 18.0 Å². The van der Waals surface area contributed by atoms with Crippen LogP contribution in [0.2, 0.25) is 0 Å². The minimum atomic E-state index is -6.35. The Balaban J connectivity index is 1.99. The molecule has 3 rings (SSSR count). The normalized spacial score (nSPS) is 12.3. The Morgan fingerprint density at radius 2 is 1.27 bits per heavy atom. The Morgan fingerprint density at radius 1 is 0.750 bits per heavy atom. The Bertz CT molecular complexity index is 1440. The van der Waals surface area contributed by atoms with E-state index in [0.29, 0.717) is 14.1 Å². The van der Waals surface area contributed by atoms with Crippen LogP contribution in [0.25, 0.3) is 0 Å². The third-order valence-corrected chi connectivity index (χ3v) is 7.39. The van der Waals surface area contributed by atoms with Crippen LogP contribution in [0, 0.1) is 21.0 Å². The number of halogens is 12. The van der Waals surface area contributed by atoms with Crippen molar-refractivity contribution in [3.8, 4) is 0 Å². The van der Waals surface area contributed by atoms with Gasteiger partial charge in [-0.1, -0.05) is 18.2 Å². The summed E-state index contributed by atoms with van der Waals surface area (Å²) in [7, 11) is 0.981. The molecule has 16 heteroatoms. The number of hydrogen-bond donors (Lipinski definition) is 0. The summed E-state index contributed by atoms with van der Waals surface area (Å²) in [6.45, 7) is 0. The molecule has 0 fully saturated rings. The van der Waals surface area contributed by atoms with Gasteiger partial charge in [0.15, 0.2) is 5.82 Å². The van der Waals surface area contributed by atoms with Crippen LogP contribution in [0.3, 0.4) is 0 Å². The molecule has 0 aliphatic rings. The lowest BCUT2D eigenvalue weighted by molar-refractivity contribution is -0.348. The lowest BCUT2D eigenvalue weighted by Crippen LogP contribution is -2.50. The molecule has 214 valence electrons. The molecule has 0 saturated carbocycles. The van der Waals surface area contributed by atoms with Crippen LogP contribution >= 0.6 is 45.5 Å².